The standard InChI is InChI=1S/C13H20FNO4S/c1-18-11-9(6-4-5-7-15)8-10(14)13(12(11)19-2)20(3,16)17/h8H,4-7,15H2,1-3H3. The lowest BCUT2D eigenvalue weighted by Crippen LogP contribution is -2.08. The number of unbranched alkanes of at least 4 members (excludes halogenated alkanes) is 1. The summed E-state index contributed by atoms with van der Waals surface area (Å²) in [7, 11) is -1.07. The molecule has 0 radical (unpaired) electrons. The largest absolute Gasteiger partial charge is 0.493 e. The third kappa shape index (κ3) is 3.61. The van der Waals surface area contributed by atoms with E-state index in [-0.39, 0.29) is 11.5 Å². The molecule has 7 heteroatoms. The number of halogens is 1. The maximum absolute atomic E-state index is 14.1. The second-order valence-corrected chi connectivity index (χ2v) is 6.38. The number of benzene rings is 1. The molecule has 0 heterocycles. The maximum atomic E-state index is 14.1. The van der Waals surface area contributed by atoms with Crippen molar-refractivity contribution in [3.8, 4) is 11.5 Å². The lowest BCUT2D eigenvalue weighted by Gasteiger charge is -2.16. The van der Waals surface area contributed by atoms with Crippen LogP contribution in [0.2, 0.25) is 0 Å². The second kappa shape index (κ2) is 6.90. The van der Waals surface area contributed by atoms with E-state index in [1.165, 1.54) is 20.3 Å². The van der Waals surface area contributed by atoms with Gasteiger partial charge in [-0.2, -0.15) is 0 Å². The van der Waals surface area contributed by atoms with Crippen LogP contribution in [0.25, 0.3) is 0 Å². The first kappa shape index (κ1) is 16.7. The van der Waals surface area contributed by atoms with Gasteiger partial charge in [0.1, 0.15) is 10.7 Å². The van der Waals surface area contributed by atoms with Crippen LogP contribution in [0.1, 0.15) is 18.4 Å². The predicted octanol–water partition coefficient (Wildman–Crippen LogP) is 1.53. The van der Waals surface area contributed by atoms with E-state index in [2.05, 4.69) is 0 Å². The van der Waals surface area contributed by atoms with E-state index in [4.69, 9.17) is 15.2 Å². The van der Waals surface area contributed by atoms with E-state index in [1.54, 1.807) is 0 Å². The Bertz CT molecular complexity index is 572. The molecule has 0 atom stereocenters. The number of sulfone groups is 1. The molecule has 0 aliphatic heterocycles. The number of hydrogen-bond donors (Lipinski definition) is 1. The lowest BCUT2D eigenvalue weighted by atomic mass is 10.1. The highest BCUT2D eigenvalue weighted by Crippen LogP contribution is 2.39. The van der Waals surface area contributed by atoms with Gasteiger partial charge in [0.15, 0.2) is 21.3 Å². The van der Waals surface area contributed by atoms with Crippen LogP contribution in [0.5, 0.6) is 11.5 Å². The Kier molecular flexibility index (Phi) is 5.76. The molecule has 0 spiro atoms. The highest BCUT2D eigenvalue weighted by Gasteiger charge is 2.26. The summed E-state index contributed by atoms with van der Waals surface area (Å²) in [5.74, 6) is -0.656. The first-order chi connectivity index (χ1) is 9.36. The van der Waals surface area contributed by atoms with Gasteiger partial charge in [0.05, 0.1) is 14.2 Å². The molecule has 1 rings (SSSR count). The van der Waals surface area contributed by atoms with Gasteiger partial charge in [-0.3, -0.25) is 0 Å². The van der Waals surface area contributed by atoms with E-state index < -0.39 is 20.5 Å². The van der Waals surface area contributed by atoms with Crippen LogP contribution in [-0.4, -0.2) is 35.4 Å². The Labute approximate surface area is 118 Å². The van der Waals surface area contributed by atoms with Crippen LogP contribution >= 0.6 is 0 Å². The molecule has 114 valence electrons. The van der Waals surface area contributed by atoms with Gasteiger partial charge in [-0.25, -0.2) is 12.8 Å². The van der Waals surface area contributed by atoms with Crippen molar-refractivity contribution >= 4 is 9.84 Å². The fraction of sp³-hybridized carbons (Fsp3) is 0.538. The summed E-state index contributed by atoms with van der Waals surface area (Å²) in [5.41, 5.74) is 5.99. The zero-order chi connectivity index (χ0) is 15.3. The van der Waals surface area contributed by atoms with Gasteiger partial charge in [-0.15, -0.1) is 0 Å². The minimum Gasteiger partial charge on any atom is -0.493 e. The van der Waals surface area contributed by atoms with Gasteiger partial charge in [0.2, 0.25) is 0 Å². The van der Waals surface area contributed by atoms with E-state index in [9.17, 15) is 12.8 Å². The van der Waals surface area contributed by atoms with Crippen LogP contribution in [0, 0.1) is 5.82 Å². The molecule has 0 saturated heterocycles. The van der Waals surface area contributed by atoms with Crippen molar-refractivity contribution in [2.24, 2.45) is 5.73 Å². The molecule has 0 fully saturated rings. The van der Waals surface area contributed by atoms with E-state index in [1.807, 2.05) is 0 Å². The fourth-order valence-electron chi connectivity index (χ4n) is 2.04. The molecule has 0 unspecified atom stereocenters. The summed E-state index contributed by atoms with van der Waals surface area (Å²) in [4.78, 5) is -0.473. The third-order valence-corrected chi connectivity index (χ3v) is 4.02. The lowest BCUT2D eigenvalue weighted by molar-refractivity contribution is 0.338. The fourth-order valence-corrected chi connectivity index (χ4v) is 2.97. The molecule has 0 amide bonds. The van der Waals surface area contributed by atoms with Crippen LogP contribution in [0.15, 0.2) is 11.0 Å². The Balaban J connectivity index is 3.40. The molecule has 0 aliphatic carbocycles. The number of rotatable bonds is 7. The number of hydrogen-bond acceptors (Lipinski definition) is 5. The van der Waals surface area contributed by atoms with E-state index in [0.717, 1.165) is 19.1 Å². The number of ether oxygens (including phenoxy) is 2. The molecule has 20 heavy (non-hydrogen) atoms. The zero-order valence-electron chi connectivity index (χ0n) is 11.9. The van der Waals surface area contributed by atoms with Crippen LogP contribution in [0.3, 0.4) is 0 Å². The van der Waals surface area contributed by atoms with Crippen molar-refractivity contribution in [3.63, 3.8) is 0 Å². The highest BCUT2D eigenvalue weighted by molar-refractivity contribution is 7.90. The van der Waals surface area contributed by atoms with Crippen molar-refractivity contribution in [1.29, 1.82) is 0 Å². The normalized spacial score (nSPS) is 11.4. The summed E-state index contributed by atoms with van der Waals surface area (Å²) >= 11 is 0. The monoisotopic (exact) mass is 305 g/mol. The first-order valence-electron chi connectivity index (χ1n) is 6.20. The summed E-state index contributed by atoms with van der Waals surface area (Å²) in [5, 5.41) is 0. The van der Waals surface area contributed by atoms with Crippen molar-refractivity contribution in [2.75, 3.05) is 27.0 Å². The molecule has 5 nitrogen and oxygen atoms in total. The molecule has 0 bridgehead atoms. The van der Waals surface area contributed by atoms with Crippen LogP contribution < -0.4 is 15.2 Å². The zero-order valence-corrected chi connectivity index (χ0v) is 12.7. The van der Waals surface area contributed by atoms with Crippen LogP contribution in [0.4, 0.5) is 4.39 Å². The van der Waals surface area contributed by atoms with Crippen LogP contribution in [-0.2, 0) is 16.3 Å². The average molecular weight is 305 g/mol. The van der Waals surface area contributed by atoms with Gasteiger partial charge < -0.3 is 15.2 Å². The SMILES string of the molecule is COc1c(CCCCN)cc(F)c(S(C)(=O)=O)c1OC. The van der Waals surface area contributed by atoms with Gasteiger partial charge in [-0.1, -0.05) is 0 Å². The molecule has 0 aromatic heterocycles. The van der Waals surface area contributed by atoms with Gasteiger partial charge in [0.25, 0.3) is 0 Å². The molecule has 1 aromatic rings. The van der Waals surface area contributed by atoms with Crippen molar-refractivity contribution in [3.05, 3.63) is 17.4 Å². The molecule has 1 aromatic carbocycles. The van der Waals surface area contributed by atoms with Gasteiger partial charge >= 0.3 is 0 Å². The third-order valence-electron chi connectivity index (χ3n) is 2.90. The van der Waals surface area contributed by atoms with Crippen molar-refractivity contribution < 1.29 is 22.3 Å². The first-order valence-corrected chi connectivity index (χ1v) is 8.09. The van der Waals surface area contributed by atoms with Crippen molar-refractivity contribution in [1.82, 2.24) is 0 Å². The maximum Gasteiger partial charge on any atom is 0.182 e. The average Bonchev–Trinajstić information content (AvgIpc) is 2.36. The minimum absolute atomic E-state index is 0.0854. The smallest absolute Gasteiger partial charge is 0.182 e. The highest BCUT2D eigenvalue weighted by atomic mass is 32.2. The number of aryl methyl sites for hydroxylation is 1. The molecular formula is C13H20FNO4S. The Morgan fingerprint density at radius 3 is 2.25 bits per heavy atom. The van der Waals surface area contributed by atoms with Crippen molar-refractivity contribution in [2.45, 2.75) is 24.2 Å². The summed E-state index contributed by atoms with van der Waals surface area (Å²) in [6, 6.07) is 1.19. The predicted molar refractivity (Wildman–Crippen MR) is 74.6 cm³/mol. The Morgan fingerprint density at radius 2 is 1.80 bits per heavy atom. The second-order valence-electron chi connectivity index (χ2n) is 4.43. The number of nitrogens with two attached hydrogens (primary N) is 1. The van der Waals surface area contributed by atoms with E-state index >= 15 is 0 Å². The summed E-state index contributed by atoms with van der Waals surface area (Å²) in [6.45, 7) is 0.545. The van der Waals surface area contributed by atoms with E-state index in [0.29, 0.717) is 18.5 Å². The molecule has 0 aliphatic rings. The minimum atomic E-state index is -3.75. The Hall–Kier alpha value is -1.34. The van der Waals surface area contributed by atoms with Gasteiger partial charge in [-0.05, 0) is 31.9 Å². The summed E-state index contributed by atoms with van der Waals surface area (Å²) in [6.07, 6.45) is 3.02. The molecule has 0 saturated carbocycles. The molecule has 2 N–H and O–H groups in total. The summed E-state index contributed by atoms with van der Waals surface area (Å²) < 4.78 is 47.7. The molecular weight excluding hydrogens is 285 g/mol. The quantitative estimate of drug-likeness (QED) is 0.773. The number of methoxy groups -OCH3 is 2. The Morgan fingerprint density at radius 1 is 1.20 bits per heavy atom. The topological polar surface area (TPSA) is 78.6 Å². The van der Waals surface area contributed by atoms with Gasteiger partial charge in [0, 0.05) is 11.8 Å².